The van der Waals surface area contributed by atoms with Gasteiger partial charge < -0.3 is 19.3 Å². The number of ether oxygens (including phenoxy) is 2. The summed E-state index contributed by atoms with van der Waals surface area (Å²) < 4.78 is 35.1. The molecule has 4 rings (SSSR count). The summed E-state index contributed by atoms with van der Waals surface area (Å²) in [5.74, 6) is 0.666. The third-order valence-corrected chi connectivity index (χ3v) is 8.75. The zero-order valence-corrected chi connectivity index (χ0v) is 19.9. The highest BCUT2D eigenvalue weighted by Gasteiger charge is 2.49. The number of amidine groups is 1. The molecule has 2 fully saturated rings. The van der Waals surface area contributed by atoms with Crippen molar-refractivity contribution < 1.29 is 22.7 Å². The molecule has 0 bridgehead atoms. The number of hydrogen-bond donors (Lipinski definition) is 0. The number of thioether (sulfide) groups is 1. The van der Waals surface area contributed by atoms with Gasteiger partial charge in [0.05, 0.1) is 31.8 Å². The molecular weight excluding hydrogens is 450 g/mol. The standard InChI is InChI=1S/C22H25N3O5S2/c1-24(2)15-6-8-16(9-7-15)25-17-12-32(27,28)13-20(17)31-22(25)23-21(26)14-5-10-18(29-3)19(11-14)30-4/h5-11,17,20H,12-13H2,1-4H3/t17-,20-/m0/s1. The molecule has 170 valence electrons. The van der Waals surface area contributed by atoms with Crippen molar-refractivity contribution in [2.45, 2.75) is 11.3 Å². The fraction of sp³-hybridized carbons (Fsp3) is 0.364. The minimum atomic E-state index is -3.13. The molecule has 0 radical (unpaired) electrons. The quantitative estimate of drug-likeness (QED) is 0.652. The van der Waals surface area contributed by atoms with Crippen molar-refractivity contribution in [2.75, 3.05) is 49.6 Å². The maximum Gasteiger partial charge on any atom is 0.279 e. The number of fused-ring (bicyclic) bond motifs is 1. The van der Waals surface area contributed by atoms with Crippen molar-refractivity contribution in [3.8, 4) is 11.5 Å². The first-order chi connectivity index (χ1) is 15.2. The van der Waals surface area contributed by atoms with E-state index in [0.29, 0.717) is 22.2 Å². The van der Waals surface area contributed by atoms with Crippen molar-refractivity contribution in [1.29, 1.82) is 0 Å². The Labute approximate surface area is 192 Å². The average Bonchev–Trinajstić information content (AvgIpc) is 3.23. The third kappa shape index (κ3) is 4.29. The number of rotatable bonds is 5. The minimum Gasteiger partial charge on any atom is -0.493 e. The van der Waals surface area contributed by atoms with E-state index in [1.165, 1.54) is 26.0 Å². The lowest BCUT2D eigenvalue weighted by atomic mass is 10.2. The predicted octanol–water partition coefficient (Wildman–Crippen LogP) is 2.69. The van der Waals surface area contributed by atoms with Crippen LogP contribution in [-0.4, -0.2) is 70.6 Å². The van der Waals surface area contributed by atoms with E-state index >= 15 is 0 Å². The molecule has 0 unspecified atom stereocenters. The molecule has 2 aromatic carbocycles. The van der Waals surface area contributed by atoms with Crippen LogP contribution in [0.4, 0.5) is 11.4 Å². The molecule has 1 amide bonds. The first-order valence-electron chi connectivity index (χ1n) is 10.0. The summed E-state index contributed by atoms with van der Waals surface area (Å²) in [4.78, 5) is 21.2. The van der Waals surface area contributed by atoms with Gasteiger partial charge in [-0.25, -0.2) is 8.42 Å². The molecule has 2 saturated heterocycles. The fourth-order valence-electron chi connectivity index (χ4n) is 3.90. The SMILES string of the molecule is COc1ccc(C(=O)N=C2S[C@H]3CS(=O)(=O)C[C@@H]3N2c2ccc(N(C)C)cc2)cc1OC. The summed E-state index contributed by atoms with van der Waals surface area (Å²) in [7, 11) is 3.81. The van der Waals surface area contributed by atoms with Gasteiger partial charge in [-0.05, 0) is 42.5 Å². The number of methoxy groups -OCH3 is 2. The smallest absolute Gasteiger partial charge is 0.279 e. The van der Waals surface area contributed by atoms with Crippen LogP contribution in [-0.2, 0) is 9.84 Å². The summed E-state index contributed by atoms with van der Waals surface area (Å²) in [6.45, 7) is 0. The van der Waals surface area contributed by atoms with Gasteiger partial charge in [0.2, 0.25) is 0 Å². The molecule has 2 atom stereocenters. The summed E-state index contributed by atoms with van der Waals surface area (Å²) in [6.07, 6.45) is 0. The van der Waals surface area contributed by atoms with Crippen LogP contribution < -0.4 is 19.3 Å². The maximum absolute atomic E-state index is 13.0. The topological polar surface area (TPSA) is 88.5 Å². The molecule has 0 aromatic heterocycles. The van der Waals surface area contributed by atoms with E-state index in [2.05, 4.69) is 4.99 Å². The molecule has 32 heavy (non-hydrogen) atoms. The lowest BCUT2D eigenvalue weighted by molar-refractivity contribution is 0.100. The van der Waals surface area contributed by atoms with Crippen molar-refractivity contribution >= 4 is 44.0 Å². The van der Waals surface area contributed by atoms with Gasteiger partial charge in [-0.3, -0.25) is 4.79 Å². The van der Waals surface area contributed by atoms with Crippen LogP contribution >= 0.6 is 11.8 Å². The Hall–Kier alpha value is -2.72. The van der Waals surface area contributed by atoms with Crippen LogP contribution in [0.3, 0.4) is 0 Å². The molecule has 2 aromatic rings. The zero-order valence-electron chi connectivity index (χ0n) is 18.3. The molecule has 2 aliphatic heterocycles. The third-order valence-electron chi connectivity index (χ3n) is 5.54. The predicted molar refractivity (Wildman–Crippen MR) is 128 cm³/mol. The number of aliphatic imine (C=N–C) groups is 1. The lowest BCUT2D eigenvalue weighted by Gasteiger charge is -2.25. The normalized spacial score (nSPS) is 22.6. The molecular formula is C22H25N3O5S2. The molecule has 8 nitrogen and oxygen atoms in total. The number of anilines is 2. The Bertz CT molecular complexity index is 1160. The Morgan fingerprint density at radius 1 is 1.06 bits per heavy atom. The van der Waals surface area contributed by atoms with E-state index in [-0.39, 0.29) is 22.8 Å². The Kier molecular flexibility index (Phi) is 6.09. The molecule has 10 heteroatoms. The second-order valence-electron chi connectivity index (χ2n) is 7.85. The molecule has 0 N–H and O–H groups in total. The Morgan fingerprint density at radius 3 is 2.38 bits per heavy atom. The van der Waals surface area contributed by atoms with E-state index in [0.717, 1.165) is 11.4 Å². The van der Waals surface area contributed by atoms with Gasteiger partial charge in [0.15, 0.2) is 26.5 Å². The molecule has 2 aliphatic rings. The van der Waals surface area contributed by atoms with Gasteiger partial charge in [0.1, 0.15) is 0 Å². The second-order valence-corrected chi connectivity index (χ2v) is 11.2. The van der Waals surface area contributed by atoms with Crippen LogP contribution in [0, 0.1) is 0 Å². The van der Waals surface area contributed by atoms with E-state index in [1.807, 2.05) is 48.2 Å². The second kappa shape index (κ2) is 8.67. The van der Waals surface area contributed by atoms with E-state index in [4.69, 9.17) is 9.47 Å². The maximum atomic E-state index is 13.0. The van der Waals surface area contributed by atoms with Gasteiger partial charge >= 0.3 is 0 Å². The van der Waals surface area contributed by atoms with Crippen LogP contribution in [0.1, 0.15) is 10.4 Å². The fourth-order valence-corrected chi connectivity index (χ4v) is 7.81. The van der Waals surface area contributed by atoms with Crippen LogP contribution in [0.2, 0.25) is 0 Å². The first-order valence-corrected chi connectivity index (χ1v) is 12.7. The first kappa shape index (κ1) is 22.5. The van der Waals surface area contributed by atoms with Gasteiger partial charge in [-0.1, -0.05) is 11.8 Å². The number of benzene rings is 2. The molecule has 0 aliphatic carbocycles. The van der Waals surface area contributed by atoms with Crippen LogP contribution in [0.5, 0.6) is 11.5 Å². The van der Waals surface area contributed by atoms with Crippen molar-refractivity contribution in [3.63, 3.8) is 0 Å². The number of hydrogen-bond acceptors (Lipinski definition) is 7. The van der Waals surface area contributed by atoms with Crippen molar-refractivity contribution in [2.24, 2.45) is 4.99 Å². The highest BCUT2D eigenvalue weighted by molar-refractivity contribution is 8.16. The van der Waals surface area contributed by atoms with E-state index in [9.17, 15) is 13.2 Å². The highest BCUT2D eigenvalue weighted by atomic mass is 32.2. The average molecular weight is 476 g/mol. The van der Waals surface area contributed by atoms with Gasteiger partial charge in [-0.15, -0.1) is 0 Å². The van der Waals surface area contributed by atoms with Crippen molar-refractivity contribution in [1.82, 2.24) is 0 Å². The monoisotopic (exact) mass is 475 g/mol. The van der Waals surface area contributed by atoms with E-state index in [1.54, 1.807) is 18.2 Å². The molecule has 2 heterocycles. The number of amides is 1. The summed E-state index contributed by atoms with van der Waals surface area (Å²) >= 11 is 1.35. The molecule has 0 spiro atoms. The lowest BCUT2D eigenvalue weighted by Crippen LogP contribution is -2.37. The van der Waals surface area contributed by atoms with Crippen LogP contribution in [0.25, 0.3) is 0 Å². The highest BCUT2D eigenvalue weighted by Crippen LogP contribution is 2.41. The molecule has 0 saturated carbocycles. The zero-order chi connectivity index (χ0) is 23.0. The van der Waals surface area contributed by atoms with Gasteiger partial charge in [0, 0.05) is 36.3 Å². The number of carbonyl (C=O) groups excluding carboxylic acids is 1. The van der Waals surface area contributed by atoms with Gasteiger partial charge in [-0.2, -0.15) is 4.99 Å². The number of sulfone groups is 1. The summed E-state index contributed by atoms with van der Waals surface area (Å²) in [5, 5.41) is 0.345. The van der Waals surface area contributed by atoms with Crippen LogP contribution in [0.15, 0.2) is 47.5 Å². The summed E-state index contributed by atoms with van der Waals surface area (Å²) in [6, 6.07) is 12.4. The Balaban J connectivity index is 1.70. The largest absolute Gasteiger partial charge is 0.493 e. The van der Waals surface area contributed by atoms with E-state index < -0.39 is 15.7 Å². The number of carbonyl (C=O) groups is 1. The van der Waals surface area contributed by atoms with Gasteiger partial charge in [0.25, 0.3) is 5.91 Å². The minimum absolute atomic E-state index is 0.0453. The summed E-state index contributed by atoms with van der Waals surface area (Å²) in [5.41, 5.74) is 2.20. The Morgan fingerprint density at radius 2 is 1.75 bits per heavy atom. The number of nitrogens with zero attached hydrogens (tertiary/aromatic N) is 3. The van der Waals surface area contributed by atoms with Crippen molar-refractivity contribution in [3.05, 3.63) is 48.0 Å².